The van der Waals surface area contributed by atoms with E-state index >= 15 is 0 Å². The van der Waals surface area contributed by atoms with Crippen molar-refractivity contribution in [3.8, 4) is 0 Å². The Morgan fingerprint density at radius 2 is 1.92 bits per heavy atom. The van der Waals surface area contributed by atoms with Gasteiger partial charge in [0.15, 0.2) is 5.96 Å². The van der Waals surface area contributed by atoms with Gasteiger partial charge in [-0.3, -0.25) is 14.6 Å². The van der Waals surface area contributed by atoms with Crippen LogP contribution in [0.3, 0.4) is 0 Å². The van der Waals surface area contributed by atoms with E-state index in [-0.39, 0.29) is 47.7 Å². The molecular formula is C17H31IN4O3. The second-order valence-electron chi connectivity index (χ2n) is 6.34. The maximum absolute atomic E-state index is 12.0. The van der Waals surface area contributed by atoms with Crippen molar-refractivity contribution < 1.29 is 14.3 Å². The number of carbonyl (C=O) groups excluding carboxylic acids is 2. The Morgan fingerprint density at radius 3 is 2.56 bits per heavy atom. The van der Waals surface area contributed by atoms with Crippen LogP contribution in [0.15, 0.2) is 4.99 Å². The molecule has 2 aliphatic rings. The van der Waals surface area contributed by atoms with E-state index in [1.807, 2.05) is 13.8 Å². The van der Waals surface area contributed by atoms with Gasteiger partial charge in [-0.1, -0.05) is 0 Å². The number of nitrogens with one attached hydrogen (secondary N) is 2. The summed E-state index contributed by atoms with van der Waals surface area (Å²) in [4.78, 5) is 30.3. The predicted molar refractivity (Wildman–Crippen MR) is 108 cm³/mol. The molecular weight excluding hydrogens is 435 g/mol. The molecule has 1 saturated heterocycles. The standard InChI is InChI=1S/C17H30N4O3.HI/c1-3-18-17(20-10-9-19-15(22)13-7-8-13)21-11-5-6-14(12-21)16(23)24-4-2;/h13-14H,3-12H2,1-2H3,(H,18,20)(H,19,22);1H. The Morgan fingerprint density at radius 1 is 1.16 bits per heavy atom. The fraction of sp³-hybridized carbons (Fsp3) is 0.824. The van der Waals surface area contributed by atoms with Crippen LogP contribution in [0.1, 0.15) is 39.5 Å². The molecule has 1 unspecified atom stereocenters. The van der Waals surface area contributed by atoms with Crippen LogP contribution in [0.2, 0.25) is 0 Å². The third kappa shape index (κ3) is 7.37. The van der Waals surface area contributed by atoms with Crippen LogP contribution in [0.25, 0.3) is 0 Å². The van der Waals surface area contributed by atoms with Crippen molar-refractivity contribution in [1.82, 2.24) is 15.5 Å². The van der Waals surface area contributed by atoms with E-state index in [2.05, 4.69) is 20.5 Å². The maximum Gasteiger partial charge on any atom is 0.310 e. The van der Waals surface area contributed by atoms with Gasteiger partial charge in [0.25, 0.3) is 0 Å². The average molecular weight is 466 g/mol. The first-order valence-electron chi connectivity index (χ1n) is 9.13. The number of esters is 1. The summed E-state index contributed by atoms with van der Waals surface area (Å²) in [6.07, 6.45) is 3.85. The van der Waals surface area contributed by atoms with Gasteiger partial charge in [-0.15, -0.1) is 24.0 Å². The van der Waals surface area contributed by atoms with Gasteiger partial charge in [0, 0.05) is 32.1 Å². The summed E-state index contributed by atoms with van der Waals surface area (Å²) in [6, 6.07) is 0. The van der Waals surface area contributed by atoms with Crippen LogP contribution in [0.4, 0.5) is 0 Å². The van der Waals surface area contributed by atoms with Crippen LogP contribution >= 0.6 is 24.0 Å². The first-order chi connectivity index (χ1) is 11.7. The van der Waals surface area contributed by atoms with Crippen molar-refractivity contribution in [2.45, 2.75) is 39.5 Å². The molecule has 144 valence electrons. The highest BCUT2D eigenvalue weighted by atomic mass is 127. The van der Waals surface area contributed by atoms with Gasteiger partial charge in [0.1, 0.15) is 0 Å². The molecule has 2 fully saturated rings. The minimum Gasteiger partial charge on any atom is -0.466 e. The van der Waals surface area contributed by atoms with Crippen LogP contribution < -0.4 is 10.6 Å². The molecule has 7 nitrogen and oxygen atoms in total. The lowest BCUT2D eigenvalue weighted by atomic mass is 9.98. The summed E-state index contributed by atoms with van der Waals surface area (Å²) in [6.45, 7) is 7.67. The molecule has 1 aliphatic heterocycles. The van der Waals surface area contributed by atoms with E-state index in [9.17, 15) is 9.59 Å². The van der Waals surface area contributed by atoms with Crippen molar-refractivity contribution in [2.24, 2.45) is 16.8 Å². The number of amides is 1. The summed E-state index contributed by atoms with van der Waals surface area (Å²) in [7, 11) is 0. The number of ether oxygens (including phenoxy) is 1. The van der Waals surface area contributed by atoms with Gasteiger partial charge in [0.05, 0.1) is 19.1 Å². The number of halogens is 1. The highest BCUT2D eigenvalue weighted by Gasteiger charge is 2.29. The zero-order chi connectivity index (χ0) is 17.4. The number of nitrogens with zero attached hydrogens (tertiary/aromatic N) is 2. The summed E-state index contributed by atoms with van der Waals surface area (Å²) >= 11 is 0. The van der Waals surface area contributed by atoms with Gasteiger partial charge in [0.2, 0.25) is 5.91 Å². The zero-order valence-corrected chi connectivity index (χ0v) is 17.6. The normalized spacial score (nSPS) is 20.5. The van der Waals surface area contributed by atoms with Crippen molar-refractivity contribution in [2.75, 3.05) is 39.3 Å². The molecule has 0 aromatic heterocycles. The molecule has 1 heterocycles. The molecule has 2 N–H and O–H groups in total. The van der Waals surface area contributed by atoms with Crippen molar-refractivity contribution in [3.05, 3.63) is 0 Å². The Bertz CT molecular complexity index is 469. The van der Waals surface area contributed by atoms with Crippen LogP contribution in [-0.2, 0) is 14.3 Å². The van der Waals surface area contributed by atoms with E-state index in [1.54, 1.807) is 0 Å². The Kier molecular flexibility index (Phi) is 10.1. The molecule has 0 radical (unpaired) electrons. The summed E-state index contributed by atoms with van der Waals surface area (Å²) in [5.41, 5.74) is 0. The van der Waals surface area contributed by atoms with Gasteiger partial charge in [-0.2, -0.15) is 0 Å². The monoisotopic (exact) mass is 466 g/mol. The first-order valence-corrected chi connectivity index (χ1v) is 9.13. The maximum atomic E-state index is 12.0. The van der Waals surface area contributed by atoms with Crippen LogP contribution in [-0.4, -0.2) is 62.1 Å². The largest absolute Gasteiger partial charge is 0.466 e. The molecule has 25 heavy (non-hydrogen) atoms. The smallest absolute Gasteiger partial charge is 0.310 e. The minimum absolute atomic E-state index is 0. The molecule has 2 rings (SSSR count). The number of hydrogen-bond donors (Lipinski definition) is 2. The zero-order valence-electron chi connectivity index (χ0n) is 15.3. The Hall–Kier alpha value is -1.06. The second kappa shape index (κ2) is 11.5. The summed E-state index contributed by atoms with van der Waals surface area (Å²) < 4.78 is 5.15. The molecule has 1 aliphatic carbocycles. The number of hydrogen-bond acceptors (Lipinski definition) is 4. The fourth-order valence-electron chi connectivity index (χ4n) is 2.88. The van der Waals surface area contributed by atoms with E-state index in [0.29, 0.717) is 26.2 Å². The topological polar surface area (TPSA) is 83.0 Å². The third-order valence-electron chi connectivity index (χ3n) is 4.30. The van der Waals surface area contributed by atoms with E-state index < -0.39 is 0 Å². The van der Waals surface area contributed by atoms with Gasteiger partial charge < -0.3 is 20.3 Å². The Labute approximate surface area is 167 Å². The van der Waals surface area contributed by atoms with Crippen molar-refractivity contribution in [3.63, 3.8) is 0 Å². The quantitative estimate of drug-likeness (QED) is 0.195. The van der Waals surface area contributed by atoms with Gasteiger partial charge >= 0.3 is 5.97 Å². The highest BCUT2D eigenvalue weighted by Crippen LogP contribution is 2.28. The molecule has 0 aromatic rings. The number of carbonyl (C=O) groups is 2. The second-order valence-corrected chi connectivity index (χ2v) is 6.34. The van der Waals surface area contributed by atoms with Crippen molar-refractivity contribution in [1.29, 1.82) is 0 Å². The Balaban J connectivity index is 0.00000312. The SMILES string of the molecule is CCNC(=NCCNC(=O)C1CC1)N1CCCC(C(=O)OCC)C1.I. The molecule has 0 bridgehead atoms. The molecule has 1 saturated carbocycles. The lowest BCUT2D eigenvalue weighted by molar-refractivity contribution is -0.149. The van der Waals surface area contributed by atoms with Crippen molar-refractivity contribution >= 4 is 41.8 Å². The van der Waals surface area contributed by atoms with Crippen LogP contribution in [0.5, 0.6) is 0 Å². The molecule has 0 aromatic carbocycles. The minimum atomic E-state index is -0.116. The molecule has 1 atom stereocenters. The van der Waals surface area contributed by atoms with E-state index in [0.717, 1.165) is 44.7 Å². The summed E-state index contributed by atoms with van der Waals surface area (Å²) in [5, 5.41) is 6.20. The number of likely N-dealkylation sites (tertiary alicyclic amines) is 1. The molecule has 0 spiro atoms. The molecule has 8 heteroatoms. The number of rotatable bonds is 7. The van der Waals surface area contributed by atoms with Crippen LogP contribution in [0, 0.1) is 11.8 Å². The predicted octanol–water partition coefficient (Wildman–Crippen LogP) is 1.37. The molecule has 1 amide bonds. The van der Waals surface area contributed by atoms with E-state index in [4.69, 9.17) is 4.74 Å². The number of piperidine rings is 1. The van der Waals surface area contributed by atoms with Gasteiger partial charge in [-0.05, 0) is 39.5 Å². The third-order valence-corrected chi connectivity index (χ3v) is 4.30. The fourth-order valence-corrected chi connectivity index (χ4v) is 2.88. The van der Waals surface area contributed by atoms with E-state index in [1.165, 1.54) is 0 Å². The number of aliphatic imine (C=N–C) groups is 1. The van der Waals surface area contributed by atoms with Gasteiger partial charge in [-0.25, -0.2) is 0 Å². The lowest BCUT2D eigenvalue weighted by Gasteiger charge is -2.34. The number of guanidine groups is 1. The lowest BCUT2D eigenvalue weighted by Crippen LogP contribution is -2.48. The highest BCUT2D eigenvalue weighted by molar-refractivity contribution is 14.0. The first kappa shape index (κ1) is 22.0. The average Bonchev–Trinajstić information content (AvgIpc) is 3.43. The summed E-state index contributed by atoms with van der Waals surface area (Å²) in [5.74, 6) is 0.990.